The van der Waals surface area contributed by atoms with E-state index in [2.05, 4.69) is 20.9 Å². The number of carbonyl (C=O) groups excluding carboxylic acids is 1. The second-order valence-corrected chi connectivity index (χ2v) is 9.49. The van der Waals surface area contributed by atoms with Crippen molar-refractivity contribution in [3.63, 3.8) is 0 Å². The minimum atomic E-state index is -0.479. The Bertz CT molecular complexity index is 844. The van der Waals surface area contributed by atoms with Crippen molar-refractivity contribution in [2.75, 3.05) is 6.54 Å². The SMILES string of the molecule is O=C(CC12CC3CC(CC(O)(C3)C1)C2)NCCCn1cnc2ccccc21. The molecule has 6 rings (SSSR count). The zero-order chi connectivity index (χ0) is 18.5. The molecule has 0 radical (unpaired) electrons. The molecule has 4 aliphatic carbocycles. The molecule has 5 heteroatoms. The maximum absolute atomic E-state index is 12.6. The third-order valence-corrected chi connectivity index (χ3v) is 7.11. The smallest absolute Gasteiger partial charge is 0.220 e. The first kappa shape index (κ1) is 17.2. The topological polar surface area (TPSA) is 67.2 Å². The van der Waals surface area contributed by atoms with E-state index in [0.717, 1.165) is 56.1 Å². The summed E-state index contributed by atoms with van der Waals surface area (Å²) >= 11 is 0. The summed E-state index contributed by atoms with van der Waals surface area (Å²) in [4.78, 5) is 17.0. The van der Waals surface area contributed by atoms with Crippen LogP contribution in [0.15, 0.2) is 30.6 Å². The van der Waals surface area contributed by atoms with E-state index in [1.54, 1.807) is 0 Å². The van der Waals surface area contributed by atoms with E-state index in [0.29, 0.717) is 24.8 Å². The van der Waals surface area contributed by atoms with Gasteiger partial charge in [0.2, 0.25) is 5.91 Å². The molecular formula is C22H29N3O2. The Morgan fingerprint density at radius 2 is 2.00 bits per heavy atom. The number of aliphatic hydroxyl groups is 1. The van der Waals surface area contributed by atoms with Crippen molar-refractivity contribution in [2.24, 2.45) is 17.3 Å². The maximum Gasteiger partial charge on any atom is 0.220 e. The molecule has 4 bridgehead atoms. The molecule has 1 amide bonds. The number of nitrogens with one attached hydrogen (secondary N) is 1. The van der Waals surface area contributed by atoms with Crippen LogP contribution in [0.4, 0.5) is 0 Å². The van der Waals surface area contributed by atoms with Gasteiger partial charge in [0.1, 0.15) is 0 Å². The average molecular weight is 367 g/mol. The molecule has 0 saturated heterocycles. The Morgan fingerprint density at radius 1 is 1.22 bits per heavy atom. The van der Waals surface area contributed by atoms with E-state index >= 15 is 0 Å². The number of aryl methyl sites for hydroxylation is 1. The van der Waals surface area contributed by atoms with Crippen LogP contribution in [0.1, 0.15) is 51.4 Å². The van der Waals surface area contributed by atoms with E-state index in [9.17, 15) is 9.90 Å². The average Bonchev–Trinajstić information content (AvgIpc) is 2.99. The number of carbonyl (C=O) groups is 1. The summed E-state index contributed by atoms with van der Waals surface area (Å²) in [6, 6.07) is 8.13. The molecule has 0 spiro atoms. The fourth-order valence-electron chi connectivity index (χ4n) is 6.68. The molecule has 1 heterocycles. The second kappa shape index (κ2) is 6.33. The third kappa shape index (κ3) is 3.27. The van der Waals surface area contributed by atoms with Crippen LogP contribution in [0.3, 0.4) is 0 Å². The lowest BCUT2D eigenvalue weighted by molar-refractivity contribution is -0.169. The highest BCUT2D eigenvalue weighted by Crippen LogP contribution is 2.62. The Hall–Kier alpha value is -1.88. The highest BCUT2D eigenvalue weighted by Gasteiger charge is 2.57. The van der Waals surface area contributed by atoms with Crippen LogP contribution in [0.2, 0.25) is 0 Å². The van der Waals surface area contributed by atoms with E-state index < -0.39 is 5.60 Å². The molecule has 2 N–H and O–H groups in total. The van der Waals surface area contributed by atoms with Crippen molar-refractivity contribution < 1.29 is 9.90 Å². The number of amides is 1. The number of hydrogen-bond acceptors (Lipinski definition) is 3. The first-order valence-electron chi connectivity index (χ1n) is 10.4. The first-order valence-corrected chi connectivity index (χ1v) is 10.4. The van der Waals surface area contributed by atoms with Crippen LogP contribution in [0.5, 0.6) is 0 Å². The summed E-state index contributed by atoms with van der Waals surface area (Å²) in [6.07, 6.45) is 9.68. The molecule has 1 aromatic heterocycles. The predicted octanol–water partition coefficient (Wildman–Crippen LogP) is 3.26. The van der Waals surface area contributed by atoms with Crippen molar-refractivity contribution in [3.8, 4) is 0 Å². The first-order chi connectivity index (χ1) is 13.0. The van der Waals surface area contributed by atoms with Gasteiger partial charge in [0.15, 0.2) is 0 Å². The fourth-order valence-corrected chi connectivity index (χ4v) is 6.68. The highest BCUT2D eigenvalue weighted by molar-refractivity contribution is 5.77. The van der Waals surface area contributed by atoms with Gasteiger partial charge in [0.05, 0.1) is 23.0 Å². The van der Waals surface area contributed by atoms with Crippen LogP contribution in [0, 0.1) is 17.3 Å². The summed E-state index contributed by atoms with van der Waals surface area (Å²) in [6.45, 7) is 1.55. The van der Waals surface area contributed by atoms with Crippen LogP contribution in [-0.2, 0) is 11.3 Å². The minimum Gasteiger partial charge on any atom is -0.390 e. The molecule has 27 heavy (non-hydrogen) atoms. The quantitative estimate of drug-likeness (QED) is 0.770. The summed E-state index contributed by atoms with van der Waals surface area (Å²) in [5.41, 5.74) is 1.74. The number of fused-ring (bicyclic) bond motifs is 1. The zero-order valence-electron chi connectivity index (χ0n) is 15.9. The molecule has 144 valence electrons. The molecule has 2 aromatic rings. The van der Waals surface area contributed by atoms with Crippen molar-refractivity contribution >= 4 is 16.9 Å². The van der Waals surface area contributed by atoms with Crippen molar-refractivity contribution in [3.05, 3.63) is 30.6 Å². The number of para-hydroxylation sites is 2. The van der Waals surface area contributed by atoms with Crippen LogP contribution >= 0.6 is 0 Å². The van der Waals surface area contributed by atoms with Gasteiger partial charge in [-0.3, -0.25) is 4.79 Å². The van der Waals surface area contributed by atoms with Gasteiger partial charge in [-0.15, -0.1) is 0 Å². The molecule has 2 unspecified atom stereocenters. The molecule has 4 saturated carbocycles. The van der Waals surface area contributed by atoms with Gasteiger partial charge in [-0.05, 0) is 74.3 Å². The summed E-state index contributed by atoms with van der Waals surface area (Å²) in [7, 11) is 0. The Balaban J connectivity index is 1.13. The monoisotopic (exact) mass is 367 g/mol. The number of nitrogens with zero attached hydrogens (tertiary/aromatic N) is 2. The molecule has 5 nitrogen and oxygen atoms in total. The second-order valence-electron chi connectivity index (χ2n) is 9.49. The lowest BCUT2D eigenvalue weighted by Gasteiger charge is -2.60. The van der Waals surface area contributed by atoms with Crippen molar-refractivity contribution in [2.45, 2.75) is 63.5 Å². The third-order valence-electron chi connectivity index (χ3n) is 7.11. The maximum atomic E-state index is 12.6. The van der Waals surface area contributed by atoms with Gasteiger partial charge in [0, 0.05) is 19.5 Å². The molecule has 4 fully saturated rings. The van der Waals surface area contributed by atoms with Gasteiger partial charge in [-0.25, -0.2) is 4.98 Å². The van der Waals surface area contributed by atoms with Gasteiger partial charge in [-0.2, -0.15) is 0 Å². The van der Waals surface area contributed by atoms with Crippen LogP contribution < -0.4 is 5.32 Å². The fraction of sp³-hybridized carbons (Fsp3) is 0.636. The van der Waals surface area contributed by atoms with E-state index in [-0.39, 0.29) is 11.3 Å². The number of rotatable bonds is 6. The molecule has 2 atom stereocenters. The molecule has 1 aromatic carbocycles. The number of hydrogen-bond donors (Lipinski definition) is 2. The van der Waals surface area contributed by atoms with Gasteiger partial charge in [0.25, 0.3) is 0 Å². The summed E-state index contributed by atoms with van der Waals surface area (Å²) < 4.78 is 2.15. The van der Waals surface area contributed by atoms with E-state index in [1.807, 2.05) is 24.5 Å². The molecule has 0 aliphatic heterocycles. The standard InChI is InChI=1S/C22H29N3O2/c26-20(13-21-9-16-8-17(10-21)12-22(27,11-16)14-21)23-6-3-7-25-15-24-18-4-1-2-5-19(18)25/h1-2,4-5,15-17,27H,3,6-14H2,(H,23,26). The lowest BCUT2D eigenvalue weighted by atomic mass is 9.47. The number of benzene rings is 1. The Kier molecular flexibility index (Phi) is 4.04. The highest BCUT2D eigenvalue weighted by atomic mass is 16.3. The van der Waals surface area contributed by atoms with Crippen LogP contribution in [0.25, 0.3) is 11.0 Å². The lowest BCUT2D eigenvalue weighted by Crippen LogP contribution is -2.56. The minimum absolute atomic E-state index is 0.0590. The van der Waals surface area contributed by atoms with Crippen LogP contribution in [-0.4, -0.2) is 32.7 Å². The van der Waals surface area contributed by atoms with Crippen molar-refractivity contribution in [1.29, 1.82) is 0 Å². The van der Waals surface area contributed by atoms with E-state index in [1.165, 1.54) is 6.42 Å². The summed E-state index contributed by atoms with van der Waals surface area (Å²) in [5, 5.41) is 14.0. The van der Waals surface area contributed by atoms with Gasteiger partial charge in [-0.1, -0.05) is 12.1 Å². The van der Waals surface area contributed by atoms with Crippen molar-refractivity contribution in [1.82, 2.24) is 14.9 Å². The molecular weight excluding hydrogens is 338 g/mol. The van der Waals surface area contributed by atoms with Gasteiger partial charge < -0.3 is 15.0 Å². The van der Waals surface area contributed by atoms with E-state index in [4.69, 9.17) is 0 Å². The largest absolute Gasteiger partial charge is 0.390 e. The Morgan fingerprint density at radius 3 is 2.78 bits per heavy atom. The number of aromatic nitrogens is 2. The summed E-state index contributed by atoms with van der Waals surface area (Å²) in [5.74, 6) is 1.44. The predicted molar refractivity (Wildman–Crippen MR) is 104 cm³/mol. The Labute approximate surface area is 160 Å². The van der Waals surface area contributed by atoms with Gasteiger partial charge >= 0.3 is 0 Å². The zero-order valence-corrected chi connectivity index (χ0v) is 15.9. The molecule has 4 aliphatic rings. The normalized spacial score (nSPS) is 34.3. The number of imidazole rings is 1.